The van der Waals surface area contributed by atoms with Gasteiger partial charge in [-0.25, -0.2) is 9.67 Å². The number of anilines is 1. The van der Waals surface area contributed by atoms with Crippen molar-refractivity contribution in [1.82, 2.24) is 19.7 Å². The number of aromatic nitrogens is 4. The number of hydrogen-bond donors (Lipinski definition) is 1. The molecule has 0 aromatic carbocycles. The van der Waals surface area contributed by atoms with Gasteiger partial charge in [0.05, 0.1) is 5.39 Å². The molecule has 5 nitrogen and oxygen atoms in total. The molecular formula is C14H15N5. The van der Waals surface area contributed by atoms with Crippen LogP contribution >= 0.6 is 0 Å². The van der Waals surface area contributed by atoms with Crippen LogP contribution in [0.4, 0.5) is 5.82 Å². The predicted molar refractivity (Wildman–Crippen MR) is 75.9 cm³/mol. The van der Waals surface area contributed by atoms with Gasteiger partial charge in [0.2, 0.25) is 0 Å². The van der Waals surface area contributed by atoms with Crippen molar-refractivity contribution in [2.75, 3.05) is 11.9 Å². The van der Waals surface area contributed by atoms with Crippen LogP contribution in [-0.2, 0) is 7.05 Å². The summed E-state index contributed by atoms with van der Waals surface area (Å²) in [6.45, 7) is 2.90. The van der Waals surface area contributed by atoms with E-state index in [-0.39, 0.29) is 0 Å². The highest BCUT2D eigenvalue weighted by Crippen LogP contribution is 2.26. The minimum absolute atomic E-state index is 0.839. The van der Waals surface area contributed by atoms with Gasteiger partial charge in [0.1, 0.15) is 0 Å². The quantitative estimate of drug-likeness (QED) is 0.779. The van der Waals surface area contributed by atoms with Gasteiger partial charge in [-0.2, -0.15) is 5.10 Å². The summed E-state index contributed by atoms with van der Waals surface area (Å²) < 4.78 is 1.80. The lowest BCUT2D eigenvalue weighted by atomic mass is 10.1. The third kappa shape index (κ3) is 2.03. The van der Waals surface area contributed by atoms with Crippen LogP contribution in [0, 0.1) is 0 Å². The third-order valence-corrected chi connectivity index (χ3v) is 3.04. The number of hydrogen-bond acceptors (Lipinski definition) is 4. The average Bonchev–Trinajstić information content (AvgIpc) is 2.77. The van der Waals surface area contributed by atoms with Crippen LogP contribution < -0.4 is 5.32 Å². The first-order valence-corrected chi connectivity index (χ1v) is 6.26. The number of nitrogens with one attached hydrogen (secondary N) is 1. The molecule has 0 aliphatic rings. The zero-order valence-corrected chi connectivity index (χ0v) is 11.0. The van der Waals surface area contributed by atoms with Crippen molar-refractivity contribution in [3.05, 3.63) is 36.8 Å². The van der Waals surface area contributed by atoms with Gasteiger partial charge in [-0.1, -0.05) is 0 Å². The summed E-state index contributed by atoms with van der Waals surface area (Å²) in [5.41, 5.74) is 3.06. The fraction of sp³-hybridized carbons (Fsp3) is 0.214. The topological polar surface area (TPSA) is 55.6 Å². The molecule has 3 aromatic heterocycles. The summed E-state index contributed by atoms with van der Waals surface area (Å²) in [4.78, 5) is 8.54. The van der Waals surface area contributed by atoms with Crippen LogP contribution in [0.2, 0.25) is 0 Å². The standard InChI is InChI=1S/C14H15N5/c1-3-16-13-12-8-11(10-4-6-15-7-5-10)9-17-14(12)19(2)18-13/h4-9H,3H2,1-2H3,(H,16,18). The highest BCUT2D eigenvalue weighted by atomic mass is 15.3. The lowest BCUT2D eigenvalue weighted by Gasteiger charge is -2.02. The Morgan fingerprint density at radius 1 is 1.21 bits per heavy atom. The van der Waals surface area contributed by atoms with Crippen LogP contribution in [-0.4, -0.2) is 26.3 Å². The van der Waals surface area contributed by atoms with Gasteiger partial charge < -0.3 is 5.32 Å². The molecule has 96 valence electrons. The summed E-state index contributed by atoms with van der Waals surface area (Å²) in [5, 5.41) is 8.75. The zero-order valence-electron chi connectivity index (χ0n) is 11.0. The SMILES string of the molecule is CCNc1nn(C)c2ncc(-c3ccncc3)cc12. The number of rotatable bonds is 3. The van der Waals surface area contributed by atoms with E-state index < -0.39 is 0 Å². The van der Waals surface area contributed by atoms with Crippen LogP contribution in [0.15, 0.2) is 36.8 Å². The molecule has 19 heavy (non-hydrogen) atoms. The molecule has 0 radical (unpaired) electrons. The van der Waals surface area contributed by atoms with Gasteiger partial charge in [-0.15, -0.1) is 0 Å². The van der Waals surface area contributed by atoms with Crippen molar-refractivity contribution < 1.29 is 0 Å². The van der Waals surface area contributed by atoms with Crippen molar-refractivity contribution in [3.63, 3.8) is 0 Å². The van der Waals surface area contributed by atoms with E-state index in [9.17, 15) is 0 Å². The number of fused-ring (bicyclic) bond motifs is 1. The monoisotopic (exact) mass is 253 g/mol. The minimum atomic E-state index is 0.839. The molecule has 3 heterocycles. The molecule has 0 spiro atoms. The Kier molecular flexibility index (Phi) is 2.87. The molecule has 0 saturated carbocycles. The van der Waals surface area contributed by atoms with Crippen LogP contribution in [0.1, 0.15) is 6.92 Å². The molecule has 0 bridgehead atoms. The maximum absolute atomic E-state index is 4.50. The van der Waals surface area contributed by atoms with Crippen molar-refractivity contribution in [2.24, 2.45) is 7.05 Å². The number of pyridine rings is 2. The van der Waals surface area contributed by atoms with E-state index in [1.165, 1.54) is 0 Å². The first-order chi connectivity index (χ1) is 9.29. The molecule has 5 heteroatoms. The Balaban J connectivity index is 2.17. The fourth-order valence-electron chi connectivity index (χ4n) is 2.14. The Morgan fingerprint density at radius 3 is 2.74 bits per heavy atom. The smallest absolute Gasteiger partial charge is 0.159 e. The molecular weight excluding hydrogens is 238 g/mol. The van der Waals surface area contributed by atoms with Gasteiger partial charge >= 0.3 is 0 Å². The molecule has 0 unspecified atom stereocenters. The van der Waals surface area contributed by atoms with E-state index in [2.05, 4.69) is 33.4 Å². The van der Waals surface area contributed by atoms with Crippen molar-refractivity contribution in [1.29, 1.82) is 0 Å². The number of nitrogens with zero attached hydrogens (tertiary/aromatic N) is 4. The highest BCUT2D eigenvalue weighted by Gasteiger charge is 2.10. The second-order valence-corrected chi connectivity index (χ2v) is 4.33. The average molecular weight is 253 g/mol. The summed E-state index contributed by atoms with van der Waals surface area (Å²) in [6.07, 6.45) is 5.44. The lowest BCUT2D eigenvalue weighted by Crippen LogP contribution is -1.98. The predicted octanol–water partition coefficient (Wildman–Crippen LogP) is 2.46. The van der Waals surface area contributed by atoms with Gasteiger partial charge in [-0.3, -0.25) is 4.98 Å². The van der Waals surface area contributed by atoms with E-state index in [4.69, 9.17) is 0 Å². The summed E-state index contributed by atoms with van der Waals surface area (Å²) >= 11 is 0. The number of aryl methyl sites for hydroxylation is 1. The Hall–Kier alpha value is -2.43. The first kappa shape index (κ1) is 11.6. The van der Waals surface area contributed by atoms with Gasteiger partial charge in [0.15, 0.2) is 11.5 Å². The van der Waals surface area contributed by atoms with Crippen LogP contribution in [0.5, 0.6) is 0 Å². The summed E-state index contributed by atoms with van der Waals surface area (Å²) in [7, 11) is 1.91. The molecule has 0 amide bonds. The molecule has 3 rings (SSSR count). The fourth-order valence-corrected chi connectivity index (χ4v) is 2.14. The van der Waals surface area contributed by atoms with E-state index >= 15 is 0 Å². The largest absolute Gasteiger partial charge is 0.368 e. The zero-order chi connectivity index (χ0) is 13.2. The van der Waals surface area contributed by atoms with Crippen molar-refractivity contribution in [3.8, 4) is 11.1 Å². The van der Waals surface area contributed by atoms with E-state index in [1.54, 1.807) is 17.1 Å². The molecule has 0 saturated heterocycles. The molecule has 0 aliphatic heterocycles. The second kappa shape index (κ2) is 4.68. The third-order valence-electron chi connectivity index (χ3n) is 3.04. The highest BCUT2D eigenvalue weighted by molar-refractivity contribution is 5.90. The first-order valence-electron chi connectivity index (χ1n) is 6.26. The van der Waals surface area contributed by atoms with Crippen molar-refractivity contribution in [2.45, 2.75) is 6.92 Å². The molecule has 3 aromatic rings. The van der Waals surface area contributed by atoms with Gasteiger partial charge in [-0.05, 0) is 30.7 Å². The van der Waals surface area contributed by atoms with Crippen LogP contribution in [0.25, 0.3) is 22.2 Å². The maximum Gasteiger partial charge on any atom is 0.159 e. The molecule has 0 atom stereocenters. The van der Waals surface area contributed by atoms with Gasteiger partial charge in [0.25, 0.3) is 0 Å². The summed E-state index contributed by atoms with van der Waals surface area (Å²) in [5.74, 6) is 0.878. The van der Waals surface area contributed by atoms with Gasteiger partial charge in [0, 0.05) is 37.7 Å². The van der Waals surface area contributed by atoms with Crippen LogP contribution in [0.3, 0.4) is 0 Å². The normalized spacial score (nSPS) is 10.8. The molecule has 0 aliphatic carbocycles. The summed E-state index contributed by atoms with van der Waals surface area (Å²) in [6, 6.07) is 6.07. The van der Waals surface area contributed by atoms with E-state index in [0.29, 0.717) is 0 Å². The maximum atomic E-state index is 4.50. The van der Waals surface area contributed by atoms with Crippen molar-refractivity contribution >= 4 is 16.9 Å². The van der Waals surface area contributed by atoms with E-state index in [0.717, 1.165) is 34.5 Å². The Morgan fingerprint density at radius 2 is 2.00 bits per heavy atom. The Labute approximate surface area is 111 Å². The van der Waals surface area contributed by atoms with E-state index in [1.807, 2.05) is 25.4 Å². The molecule has 0 fully saturated rings. The molecule has 1 N–H and O–H groups in total. The lowest BCUT2D eigenvalue weighted by molar-refractivity contribution is 0.787. The Bertz CT molecular complexity index is 702. The minimum Gasteiger partial charge on any atom is -0.368 e. The second-order valence-electron chi connectivity index (χ2n) is 4.33.